The topological polar surface area (TPSA) is 60.7 Å². The quantitative estimate of drug-likeness (QED) is 0.473. The van der Waals surface area contributed by atoms with Crippen molar-refractivity contribution in [3.8, 4) is 0 Å². The number of aliphatic hydroxyl groups excluding tert-OH is 1. The number of rotatable bonds is 0. The molecule has 2 saturated carbocycles. The maximum Gasteiger partial charge on any atom is 0.242 e. The Hall–Kier alpha value is -1.06. The molecule has 120 valence electrons. The molecular formula is C19H26O3. The van der Waals surface area contributed by atoms with E-state index in [1.54, 1.807) is 6.08 Å². The van der Waals surface area contributed by atoms with Crippen LogP contribution in [-0.2, 0) is 0 Å². The van der Waals surface area contributed by atoms with Crippen molar-refractivity contribution in [1.29, 1.82) is 0 Å². The van der Waals surface area contributed by atoms with Gasteiger partial charge in [-0.2, -0.15) is 0 Å². The molecule has 0 aromatic rings. The van der Waals surface area contributed by atoms with Crippen LogP contribution in [0.2, 0.25) is 0 Å². The van der Waals surface area contributed by atoms with E-state index in [-0.39, 0.29) is 11.2 Å². The van der Waals surface area contributed by atoms with E-state index in [2.05, 4.69) is 19.9 Å². The zero-order chi connectivity index (χ0) is 15.8. The Kier molecular flexibility index (Phi) is 2.82. The van der Waals surface area contributed by atoms with E-state index < -0.39 is 5.79 Å². The highest BCUT2D eigenvalue weighted by molar-refractivity contribution is 5.46. The first-order valence-electron chi connectivity index (χ1n) is 8.56. The first-order chi connectivity index (χ1) is 10.3. The monoisotopic (exact) mass is 302 g/mol. The van der Waals surface area contributed by atoms with Crippen LogP contribution in [-0.4, -0.2) is 21.1 Å². The van der Waals surface area contributed by atoms with Gasteiger partial charge in [0, 0.05) is 5.41 Å². The van der Waals surface area contributed by atoms with E-state index in [1.807, 2.05) is 0 Å². The van der Waals surface area contributed by atoms with Crippen LogP contribution in [0.25, 0.3) is 0 Å². The molecule has 0 bridgehead atoms. The summed E-state index contributed by atoms with van der Waals surface area (Å²) in [5.41, 5.74) is 2.55. The molecule has 0 aliphatic heterocycles. The minimum Gasteiger partial charge on any atom is -0.507 e. The third-order valence-corrected chi connectivity index (χ3v) is 7.00. The molecule has 0 heterocycles. The molecule has 0 amide bonds. The van der Waals surface area contributed by atoms with Gasteiger partial charge in [0.05, 0.1) is 0 Å². The van der Waals surface area contributed by atoms with Gasteiger partial charge in [0.1, 0.15) is 0 Å². The molecular weight excluding hydrogens is 276 g/mol. The molecule has 0 radical (unpaired) electrons. The molecule has 3 N–H and O–H groups in total. The van der Waals surface area contributed by atoms with E-state index in [9.17, 15) is 15.3 Å². The number of hydrogen-bond acceptors (Lipinski definition) is 3. The molecule has 0 unspecified atom stereocenters. The van der Waals surface area contributed by atoms with Crippen LogP contribution in [0.5, 0.6) is 0 Å². The molecule has 4 atom stereocenters. The molecule has 0 spiro atoms. The molecule has 22 heavy (non-hydrogen) atoms. The van der Waals surface area contributed by atoms with Crippen molar-refractivity contribution in [1.82, 2.24) is 0 Å². The average Bonchev–Trinajstić information content (AvgIpc) is 2.82. The Morgan fingerprint density at radius 3 is 2.68 bits per heavy atom. The van der Waals surface area contributed by atoms with Gasteiger partial charge < -0.3 is 15.3 Å². The van der Waals surface area contributed by atoms with Gasteiger partial charge in [-0.1, -0.05) is 30.6 Å². The molecule has 0 aromatic carbocycles. The summed E-state index contributed by atoms with van der Waals surface area (Å²) in [5, 5.41) is 29.9. The summed E-state index contributed by atoms with van der Waals surface area (Å²) in [6, 6.07) is 0. The van der Waals surface area contributed by atoms with Gasteiger partial charge >= 0.3 is 0 Å². The molecule has 4 aliphatic rings. The third kappa shape index (κ3) is 1.75. The van der Waals surface area contributed by atoms with Crippen LogP contribution < -0.4 is 0 Å². The lowest BCUT2D eigenvalue weighted by Gasteiger charge is -2.52. The maximum absolute atomic E-state index is 10.1. The predicted molar refractivity (Wildman–Crippen MR) is 84.9 cm³/mol. The molecule has 4 aliphatic carbocycles. The fourth-order valence-corrected chi connectivity index (χ4v) is 5.72. The van der Waals surface area contributed by atoms with Gasteiger partial charge in [0.25, 0.3) is 0 Å². The summed E-state index contributed by atoms with van der Waals surface area (Å²) in [7, 11) is 0. The smallest absolute Gasteiger partial charge is 0.242 e. The van der Waals surface area contributed by atoms with Gasteiger partial charge in [0.2, 0.25) is 5.79 Å². The summed E-state index contributed by atoms with van der Waals surface area (Å²) in [4.78, 5) is 0. The zero-order valence-corrected chi connectivity index (χ0v) is 13.5. The van der Waals surface area contributed by atoms with Gasteiger partial charge in [-0.05, 0) is 68.4 Å². The van der Waals surface area contributed by atoms with Crippen molar-refractivity contribution >= 4 is 0 Å². The van der Waals surface area contributed by atoms with Crippen molar-refractivity contribution in [2.24, 2.45) is 22.7 Å². The van der Waals surface area contributed by atoms with Gasteiger partial charge in [0.15, 0.2) is 5.76 Å². The van der Waals surface area contributed by atoms with Crippen LogP contribution in [0.4, 0.5) is 0 Å². The van der Waals surface area contributed by atoms with Crippen molar-refractivity contribution in [2.45, 2.75) is 58.2 Å². The standard InChI is InChI=1S/C19H26O3/c1-17-8-3-4-14(17)13-6-5-12-10-19(21,22)16(20)11-18(12,2)15(13)7-9-17/h7,10-11,13-14,20-22H,3-6,8-9H2,1-2H3/t13-,14-,17-,18-/m0/s1. The van der Waals surface area contributed by atoms with Crippen LogP contribution in [0.15, 0.2) is 35.1 Å². The van der Waals surface area contributed by atoms with Crippen molar-refractivity contribution in [3.63, 3.8) is 0 Å². The van der Waals surface area contributed by atoms with Crippen LogP contribution in [0.1, 0.15) is 52.4 Å². The highest BCUT2D eigenvalue weighted by Crippen LogP contribution is 2.62. The molecule has 0 aromatic heterocycles. The maximum atomic E-state index is 10.1. The van der Waals surface area contributed by atoms with Crippen LogP contribution in [0.3, 0.4) is 0 Å². The number of aliphatic hydroxyl groups is 3. The minimum atomic E-state index is -2.20. The Labute approximate surface area is 132 Å². The minimum absolute atomic E-state index is 0.333. The van der Waals surface area contributed by atoms with Crippen LogP contribution in [0, 0.1) is 22.7 Å². The van der Waals surface area contributed by atoms with Gasteiger partial charge in [-0.15, -0.1) is 0 Å². The van der Waals surface area contributed by atoms with E-state index in [1.165, 1.54) is 30.9 Å². The number of allylic oxidation sites excluding steroid dienone is 4. The molecule has 0 saturated heterocycles. The van der Waals surface area contributed by atoms with E-state index >= 15 is 0 Å². The largest absolute Gasteiger partial charge is 0.507 e. The Morgan fingerprint density at radius 1 is 1.14 bits per heavy atom. The Bertz CT molecular complexity index is 612. The fraction of sp³-hybridized carbons (Fsp3) is 0.684. The summed E-state index contributed by atoms with van der Waals surface area (Å²) < 4.78 is 0. The molecule has 3 nitrogen and oxygen atoms in total. The van der Waals surface area contributed by atoms with Crippen molar-refractivity contribution < 1.29 is 15.3 Å². The second kappa shape index (κ2) is 4.27. The highest BCUT2D eigenvalue weighted by atomic mass is 16.5. The summed E-state index contributed by atoms with van der Waals surface area (Å²) in [5.74, 6) is -1.20. The van der Waals surface area contributed by atoms with Crippen molar-refractivity contribution in [3.05, 3.63) is 35.1 Å². The normalized spacial score (nSPS) is 45.9. The lowest BCUT2D eigenvalue weighted by molar-refractivity contribution is -0.115. The lowest BCUT2D eigenvalue weighted by Crippen LogP contribution is -2.44. The Morgan fingerprint density at radius 2 is 1.91 bits per heavy atom. The third-order valence-electron chi connectivity index (χ3n) is 7.00. The average molecular weight is 302 g/mol. The van der Waals surface area contributed by atoms with E-state index in [0.717, 1.165) is 30.8 Å². The number of hydrogen-bond donors (Lipinski definition) is 3. The van der Waals surface area contributed by atoms with Crippen molar-refractivity contribution in [2.75, 3.05) is 0 Å². The molecule has 3 heteroatoms. The zero-order valence-electron chi connectivity index (χ0n) is 13.5. The van der Waals surface area contributed by atoms with Crippen LogP contribution >= 0.6 is 0 Å². The SMILES string of the molecule is C[C@]12C=C(O)C(O)(O)C=C1CC[C@@H]1C2=CC[C@]2(C)CCC[C@@H]12. The predicted octanol–water partition coefficient (Wildman–Crippen LogP) is 3.60. The van der Waals surface area contributed by atoms with Gasteiger partial charge in [-0.3, -0.25) is 0 Å². The molecule has 2 fully saturated rings. The summed E-state index contributed by atoms with van der Waals surface area (Å²) >= 11 is 0. The van der Waals surface area contributed by atoms with Gasteiger partial charge in [-0.25, -0.2) is 0 Å². The highest BCUT2D eigenvalue weighted by Gasteiger charge is 2.53. The Balaban J connectivity index is 1.80. The fourth-order valence-electron chi connectivity index (χ4n) is 5.72. The summed E-state index contributed by atoms with van der Waals surface area (Å²) in [6.45, 7) is 4.56. The number of fused-ring (bicyclic) bond motifs is 5. The molecule has 4 rings (SSSR count). The first kappa shape index (κ1) is 14.5. The second-order valence-corrected chi connectivity index (χ2v) is 8.29. The van der Waals surface area contributed by atoms with E-state index in [0.29, 0.717) is 11.3 Å². The second-order valence-electron chi connectivity index (χ2n) is 8.29. The lowest BCUT2D eigenvalue weighted by atomic mass is 9.53. The first-order valence-corrected chi connectivity index (χ1v) is 8.56. The van der Waals surface area contributed by atoms with E-state index in [4.69, 9.17) is 0 Å². The summed E-state index contributed by atoms with van der Waals surface area (Å²) in [6.07, 6.45) is 12.6.